The summed E-state index contributed by atoms with van der Waals surface area (Å²) >= 11 is 0. The Hall–Kier alpha value is -2.53. The van der Waals surface area contributed by atoms with E-state index in [1.54, 1.807) is 13.0 Å². The van der Waals surface area contributed by atoms with Crippen molar-refractivity contribution in [2.24, 2.45) is 0 Å². The third kappa shape index (κ3) is 2.36. The van der Waals surface area contributed by atoms with Gasteiger partial charge in [-0.3, -0.25) is 9.82 Å². The first-order valence-corrected chi connectivity index (χ1v) is 6.76. The normalized spacial score (nSPS) is 10.9. The fourth-order valence-corrected chi connectivity index (χ4v) is 2.67. The topological polar surface area (TPSA) is 125 Å². The number of aromatic nitrogens is 2. The van der Waals surface area contributed by atoms with Crippen molar-refractivity contribution in [1.82, 2.24) is 10.2 Å². The molecule has 0 atom stereocenters. The molecule has 1 aromatic carbocycles. The summed E-state index contributed by atoms with van der Waals surface area (Å²) in [6, 6.07) is 7.72. The minimum absolute atomic E-state index is 0.0187. The van der Waals surface area contributed by atoms with Gasteiger partial charge in [0.25, 0.3) is 10.0 Å². The molecule has 0 bridgehead atoms. The first-order valence-electron chi connectivity index (χ1n) is 5.28. The maximum Gasteiger partial charge on any atom is 0.264 e. The van der Waals surface area contributed by atoms with Crippen LogP contribution in [-0.2, 0) is 10.0 Å². The van der Waals surface area contributed by atoms with Crippen molar-refractivity contribution in [2.75, 3.05) is 10.5 Å². The van der Waals surface area contributed by atoms with Crippen LogP contribution in [0, 0.1) is 18.3 Å². The number of benzene rings is 1. The standard InChI is InChI=1S/C11H11N5O2S/c1-7-10(13)11(15-14-7)16-19(17,18)9-5-3-2-4-8(9)6-12/h2-5H,13H2,1H3,(H2,14,15,16). The molecule has 0 saturated heterocycles. The third-order valence-corrected chi connectivity index (χ3v) is 3.92. The lowest BCUT2D eigenvalue weighted by Gasteiger charge is -2.07. The second kappa shape index (κ2) is 4.62. The molecule has 7 nitrogen and oxygen atoms in total. The Morgan fingerprint density at radius 2 is 2.11 bits per heavy atom. The molecule has 2 rings (SSSR count). The van der Waals surface area contributed by atoms with E-state index in [1.807, 2.05) is 6.07 Å². The maximum atomic E-state index is 12.2. The van der Waals surface area contributed by atoms with E-state index >= 15 is 0 Å². The fraction of sp³-hybridized carbons (Fsp3) is 0.0909. The average molecular weight is 277 g/mol. The molecular weight excluding hydrogens is 266 g/mol. The van der Waals surface area contributed by atoms with Crippen molar-refractivity contribution in [2.45, 2.75) is 11.8 Å². The van der Waals surface area contributed by atoms with Crippen molar-refractivity contribution >= 4 is 21.5 Å². The Kier molecular flexibility index (Phi) is 3.14. The summed E-state index contributed by atoms with van der Waals surface area (Å²) in [4.78, 5) is -0.113. The van der Waals surface area contributed by atoms with E-state index in [1.165, 1.54) is 18.2 Å². The number of aromatic amines is 1. The third-order valence-electron chi connectivity index (χ3n) is 2.52. The molecule has 2 aromatic rings. The molecule has 0 aliphatic carbocycles. The minimum atomic E-state index is -3.90. The molecule has 0 unspecified atom stereocenters. The lowest BCUT2D eigenvalue weighted by Crippen LogP contribution is -2.15. The number of nitriles is 1. The summed E-state index contributed by atoms with van der Waals surface area (Å²) in [6.45, 7) is 1.67. The Bertz CT molecular complexity index is 758. The molecule has 0 aliphatic rings. The van der Waals surface area contributed by atoms with Gasteiger partial charge in [-0.2, -0.15) is 10.4 Å². The molecule has 98 valence electrons. The predicted octanol–water partition coefficient (Wildman–Crippen LogP) is 0.973. The number of hydrogen-bond donors (Lipinski definition) is 3. The van der Waals surface area contributed by atoms with Gasteiger partial charge >= 0.3 is 0 Å². The summed E-state index contributed by atoms with van der Waals surface area (Å²) in [5.41, 5.74) is 6.51. The predicted molar refractivity (Wildman–Crippen MR) is 69.7 cm³/mol. The highest BCUT2D eigenvalue weighted by atomic mass is 32.2. The van der Waals surface area contributed by atoms with Gasteiger partial charge in [-0.05, 0) is 19.1 Å². The number of nitrogen functional groups attached to an aromatic ring is 1. The van der Waals surface area contributed by atoms with Gasteiger partial charge in [0.05, 0.1) is 16.9 Å². The van der Waals surface area contributed by atoms with Crippen molar-refractivity contribution in [3.8, 4) is 6.07 Å². The van der Waals surface area contributed by atoms with Crippen LogP contribution in [0.1, 0.15) is 11.3 Å². The lowest BCUT2D eigenvalue weighted by molar-refractivity contribution is 0.601. The zero-order chi connectivity index (χ0) is 14.0. The molecule has 1 aromatic heterocycles. The van der Waals surface area contributed by atoms with Crippen LogP contribution in [0.25, 0.3) is 0 Å². The monoisotopic (exact) mass is 277 g/mol. The highest BCUT2D eigenvalue weighted by Crippen LogP contribution is 2.23. The molecule has 0 amide bonds. The van der Waals surface area contributed by atoms with Crippen LogP contribution in [0.3, 0.4) is 0 Å². The first-order chi connectivity index (χ1) is 8.95. The van der Waals surface area contributed by atoms with Crippen LogP contribution in [0.5, 0.6) is 0 Å². The number of sulfonamides is 1. The zero-order valence-electron chi connectivity index (χ0n) is 10.0. The van der Waals surface area contributed by atoms with Crippen molar-refractivity contribution in [3.63, 3.8) is 0 Å². The van der Waals surface area contributed by atoms with E-state index in [2.05, 4.69) is 14.9 Å². The molecule has 19 heavy (non-hydrogen) atoms. The van der Waals surface area contributed by atoms with Gasteiger partial charge in [-0.15, -0.1) is 0 Å². The van der Waals surface area contributed by atoms with Gasteiger partial charge < -0.3 is 5.73 Å². The smallest absolute Gasteiger partial charge is 0.264 e. The minimum Gasteiger partial charge on any atom is -0.394 e. The van der Waals surface area contributed by atoms with E-state index in [0.717, 1.165) is 0 Å². The Balaban J connectivity index is 2.44. The van der Waals surface area contributed by atoms with Gasteiger partial charge in [0.15, 0.2) is 5.82 Å². The highest BCUT2D eigenvalue weighted by molar-refractivity contribution is 7.92. The summed E-state index contributed by atoms with van der Waals surface area (Å²) < 4.78 is 26.6. The lowest BCUT2D eigenvalue weighted by atomic mass is 10.2. The molecule has 0 spiro atoms. The SMILES string of the molecule is Cc1[nH]nc(NS(=O)(=O)c2ccccc2C#N)c1N. The van der Waals surface area contributed by atoms with Gasteiger partial charge in [-0.1, -0.05) is 12.1 Å². The van der Waals surface area contributed by atoms with E-state index in [9.17, 15) is 8.42 Å². The molecule has 0 fully saturated rings. The summed E-state index contributed by atoms with van der Waals surface area (Å²) in [7, 11) is -3.90. The van der Waals surface area contributed by atoms with Crippen molar-refractivity contribution in [3.05, 3.63) is 35.5 Å². The van der Waals surface area contributed by atoms with Crippen LogP contribution < -0.4 is 10.5 Å². The second-order valence-electron chi connectivity index (χ2n) is 3.82. The summed E-state index contributed by atoms with van der Waals surface area (Å²) in [5.74, 6) is 0.0187. The summed E-state index contributed by atoms with van der Waals surface area (Å²) in [6.07, 6.45) is 0. The van der Waals surface area contributed by atoms with Crippen molar-refractivity contribution in [1.29, 1.82) is 5.26 Å². The number of hydrogen-bond acceptors (Lipinski definition) is 5. The van der Waals surface area contributed by atoms with Crippen LogP contribution in [0.15, 0.2) is 29.2 Å². The quantitative estimate of drug-likeness (QED) is 0.771. The number of nitrogens with zero attached hydrogens (tertiary/aromatic N) is 2. The molecule has 0 aliphatic heterocycles. The van der Waals surface area contributed by atoms with Crippen LogP contribution in [0.4, 0.5) is 11.5 Å². The van der Waals surface area contributed by atoms with Gasteiger partial charge in [0.2, 0.25) is 0 Å². The largest absolute Gasteiger partial charge is 0.394 e. The molecule has 4 N–H and O–H groups in total. The zero-order valence-corrected chi connectivity index (χ0v) is 10.8. The molecule has 0 saturated carbocycles. The summed E-state index contributed by atoms with van der Waals surface area (Å²) in [5, 5.41) is 15.2. The number of aryl methyl sites for hydroxylation is 1. The molecule has 8 heteroatoms. The Labute approximate surface area is 110 Å². The van der Waals surface area contributed by atoms with E-state index in [4.69, 9.17) is 11.0 Å². The number of H-pyrrole nitrogens is 1. The Morgan fingerprint density at radius 1 is 1.42 bits per heavy atom. The van der Waals surface area contributed by atoms with Crippen LogP contribution in [0.2, 0.25) is 0 Å². The fourth-order valence-electron chi connectivity index (χ4n) is 1.49. The first kappa shape index (κ1) is 12.9. The number of nitrogens with one attached hydrogen (secondary N) is 2. The number of anilines is 2. The highest BCUT2D eigenvalue weighted by Gasteiger charge is 2.21. The van der Waals surface area contributed by atoms with E-state index in [-0.39, 0.29) is 22.0 Å². The van der Waals surface area contributed by atoms with Gasteiger partial charge in [0, 0.05) is 0 Å². The van der Waals surface area contributed by atoms with Crippen LogP contribution >= 0.6 is 0 Å². The van der Waals surface area contributed by atoms with E-state index in [0.29, 0.717) is 5.69 Å². The van der Waals surface area contributed by atoms with Gasteiger partial charge in [-0.25, -0.2) is 8.42 Å². The maximum absolute atomic E-state index is 12.2. The Morgan fingerprint density at radius 3 is 2.68 bits per heavy atom. The molecular formula is C11H11N5O2S. The van der Waals surface area contributed by atoms with E-state index < -0.39 is 10.0 Å². The van der Waals surface area contributed by atoms with Crippen LogP contribution in [-0.4, -0.2) is 18.6 Å². The molecule has 1 heterocycles. The molecule has 0 radical (unpaired) electrons. The van der Waals surface area contributed by atoms with Crippen molar-refractivity contribution < 1.29 is 8.42 Å². The average Bonchev–Trinajstić information content (AvgIpc) is 2.70. The number of rotatable bonds is 3. The van der Waals surface area contributed by atoms with Gasteiger partial charge in [0.1, 0.15) is 11.0 Å². The number of nitrogens with two attached hydrogens (primary N) is 1. The second-order valence-corrected chi connectivity index (χ2v) is 5.48.